The smallest absolute Gasteiger partial charge is 0.122 e. The molecule has 0 atom stereocenters. The van der Waals surface area contributed by atoms with Gasteiger partial charge in [-0.25, -0.2) is 0 Å². The van der Waals surface area contributed by atoms with E-state index in [-0.39, 0.29) is 0 Å². The van der Waals surface area contributed by atoms with Gasteiger partial charge in [-0.15, -0.1) is 0 Å². The van der Waals surface area contributed by atoms with Crippen LogP contribution in [0.25, 0.3) is 0 Å². The van der Waals surface area contributed by atoms with E-state index in [1.54, 1.807) is 7.11 Å². The van der Waals surface area contributed by atoms with E-state index in [1.165, 1.54) is 16.7 Å². The van der Waals surface area contributed by atoms with Crippen molar-refractivity contribution in [2.24, 2.45) is 0 Å². The van der Waals surface area contributed by atoms with Gasteiger partial charge < -0.3 is 10.1 Å². The lowest BCUT2D eigenvalue weighted by Crippen LogP contribution is -2.43. The second kappa shape index (κ2) is 5.52. The lowest BCUT2D eigenvalue weighted by atomic mass is 10.0. The summed E-state index contributed by atoms with van der Waals surface area (Å²) in [4.78, 5) is 2.50. The van der Waals surface area contributed by atoms with Crippen LogP contribution in [0, 0.1) is 13.8 Å². The third-order valence-corrected chi connectivity index (χ3v) is 3.46. The summed E-state index contributed by atoms with van der Waals surface area (Å²) >= 11 is 0. The molecule has 1 aromatic carbocycles. The van der Waals surface area contributed by atoms with Crippen LogP contribution in [0.4, 0.5) is 0 Å². The van der Waals surface area contributed by atoms with Crippen molar-refractivity contribution in [1.82, 2.24) is 10.2 Å². The molecule has 94 valence electrons. The predicted molar refractivity (Wildman–Crippen MR) is 70.6 cm³/mol. The monoisotopic (exact) mass is 234 g/mol. The SMILES string of the molecule is COc1cc(C)c(CN2CCNCC2)cc1C. The van der Waals surface area contributed by atoms with Crippen molar-refractivity contribution in [3.05, 3.63) is 28.8 Å². The molecule has 17 heavy (non-hydrogen) atoms. The maximum absolute atomic E-state index is 5.35. The number of aryl methyl sites for hydroxylation is 2. The van der Waals surface area contributed by atoms with E-state index in [1.807, 2.05) is 0 Å². The molecule has 0 aliphatic carbocycles. The standard InChI is InChI=1S/C14H22N2O/c1-11-9-14(17-3)12(2)8-13(11)10-16-6-4-15-5-7-16/h8-9,15H,4-7,10H2,1-3H3. The third kappa shape index (κ3) is 2.99. The van der Waals surface area contributed by atoms with Gasteiger partial charge in [-0.3, -0.25) is 4.90 Å². The molecular weight excluding hydrogens is 212 g/mol. The number of piperazine rings is 1. The molecule has 1 N–H and O–H groups in total. The largest absolute Gasteiger partial charge is 0.496 e. The molecule has 1 saturated heterocycles. The zero-order valence-electron chi connectivity index (χ0n) is 11.0. The summed E-state index contributed by atoms with van der Waals surface area (Å²) in [5.74, 6) is 0.992. The Hall–Kier alpha value is -1.06. The second-order valence-electron chi connectivity index (χ2n) is 4.77. The van der Waals surface area contributed by atoms with E-state index in [9.17, 15) is 0 Å². The molecule has 0 amide bonds. The summed E-state index contributed by atoms with van der Waals surface area (Å²) in [6.07, 6.45) is 0. The minimum Gasteiger partial charge on any atom is -0.496 e. The molecule has 0 aromatic heterocycles. The highest BCUT2D eigenvalue weighted by Gasteiger charge is 2.12. The summed E-state index contributed by atoms with van der Waals surface area (Å²) in [6.45, 7) is 9.83. The van der Waals surface area contributed by atoms with Crippen LogP contribution in [-0.2, 0) is 6.54 Å². The van der Waals surface area contributed by atoms with Gasteiger partial charge in [-0.2, -0.15) is 0 Å². The molecule has 3 heteroatoms. The Labute approximate surface area is 104 Å². The van der Waals surface area contributed by atoms with Crippen LogP contribution in [0.15, 0.2) is 12.1 Å². The lowest BCUT2D eigenvalue weighted by molar-refractivity contribution is 0.232. The molecule has 1 aliphatic rings. The first kappa shape index (κ1) is 12.4. The summed E-state index contributed by atoms with van der Waals surface area (Å²) in [7, 11) is 1.73. The molecule has 1 aromatic rings. The van der Waals surface area contributed by atoms with Crippen molar-refractivity contribution < 1.29 is 4.74 Å². The average Bonchev–Trinajstić information content (AvgIpc) is 2.34. The molecular formula is C14H22N2O. The number of ether oxygens (including phenoxy) is 1. The quantitative estimate of drug-likeness (QED) is 0.862. The topological polar surface area (TPSA) is 24.5 Å². The lowest BCUT2D eigenvalue weighted by Gasteiger charge is -2.28. The average molecular weight is 234 g/mol. The van der Waals surface area contributed by atoms with Gasteiger partial charge in [0.15, 0.2) is 0 Å². The van der Waals surface area contributed by atoms with Crippen molar-refractivity contribution in [2.75, 3.05) is 33.3 Å². The van der Waals surface area contributed by atoms with Crippen molar-refractivity contribution in [3.8, 4) is 5.75 Å². The zero-order chi connectivity index (χ0) is 12.3. The fraction of sp³-hybridized carbons (Fsp3) is 0.571. The van der Waals surface area contributed by atoms with Crippen LogP contribution in [0.2, 0.25) is 0 Å². The van der Waals surface area contributed by atoms with E-state index in [4.69, 9.17) is 4.74 Å². The molecule has 0 radical (unpaired) electrons. The van der Waals surface area contributed by atoms with E-state index >= 15 is 0 Å². The molecule has 0 saturated carbocycles. The van der Waals surface area contributed by atoms with Crippen LogP contribution in [-0.4, -0.2) is 38.2 Å². The van der Waals surface area contributed by atoms with Crippen molar-refractivity contribution >= 4 is 0 Å². The van der Waals surface area contributed by atoms with E-state index in [0.717, 1.165) is 38.5 Å². The summed E-state index contributed by atoms with van der Waals surface area (Å²) in [5.41, 5.74) is 3.97. The van der Waals surface area contributed by atoms with Gasteiger partial charge in [0.25, 0.3) is 0 Å². The van der Waals surface area contributed by atoms with Crippen LogP contribution in [0.1, 0.15) is 16.7 Å². The molecule has 3 nitrogen and oxygen atoms in total. The molecule has 1 aliphatic heterocycles. The van der Waals surface area contributed by atoms with Crippen molar-refractivity contribution in [3.63, 3.8) is 0 Å². The highest BCUT2D eigenvalue weighted by atomic mass is 16.5. The highest BCUT2D eigenvalue weighted by Crippen LogP contribution is 2.23. The number of hydrogen-bond acceptors (Lipinski definition) is 3. The van der Waals surface area contributed by atoms with Gasteiger partial charge in [0.1, 0.15) is 5.75 Å². The fourth-order valence-corrected chi connectivity index (χ4v) is 2.35. The van der Waals surface area contributed by atoms with Crippen LogP contribution in [0.3, 0.4) is 0 Å². The first-order valence-electron chi connectivity index (χ1n) is 6.28. The van der Waals surface area contributed by atoms with Gasteiger partial charge in [-0.1, -0.05) is 6.07 Å². The minimum absolute atomic E-state index is 0.992. The van der Waals surface area contributed by atoms with E-state index in [2.05, 4.69) is 36.2 Å². The summed E-state index contributed by atoms with van der Waals surface area (Å²) in [6, 6.07) is 4.41. The fourth-order valence-electron chi connectivity index (χ4n) is 2.35. The summed E-state index contributed by atoms with van der Waals surface area (Å²) < 4.78 is 5.35. The Bertz CT molecular complexity index is 384. The van der Waals surface area contributed by atoms with E-state index < -0.39 is 0 Å². The number of rotatable bonds is 3. The Morgan fingerprint density at radius 3 is 2.53 bits per heavy atom. The van der Waals surface area contributed by atoms with Gasteiger partial charge >= 0.3 is 0 Å². The highest BCUT2D eigenvalue weighted by molar-refractivity contribution is 5.41. The van der Waals surface area contributed by atoms with Crippen molar-refractivity contribution in [1.29, 1.82) is 0 Å². The van der Waals surface area contributed by atoms with Crippen molar-refractivity contribution in [2.45, 2.75) is 20.4 Å². The maximum atomic E-state index is 5.35. The minimum atomic E-state index is 0.992. The van der Waals surface area contributed by atoms with Gasteiger partial charge in [-0.05, 0) is 36.6 Å². The molecule has 0 bridgehead atoms. The Morgan fingerprint density at radius 1 is 1.18 bits per heavy atom. The normalized spacial score (nSPS) is 17.1. The molecule has 0 spiro atoms. The first-order valence-corrected chi connectivity index (χ1v) is 6.28. The van der Waals surface area contributed by atoms with Crippen LogP contribution in [0.5, 0.6) is 5.75 Å². The second-order valence-corrected chi connectivity index (χ2v) is 4.77. The van der Waals surface area contributed by atoms with E-state index in [0.29, 0.717) is 0 Å². The Kier molecular flexibility index (Phi) is 4.02. The Morgan fingerprint density at radius 2 is 1.88 bits per heavy atom. The third-order valence-electron chi connectivity index (χ3n) is 3.46. The molecule has 0 unspecified atom stereocenters. The number of benzene rings is 1. The summed E-state index contributed by atoms with van der Waals surface area (Å²) in [5, 5.41) is 3.38. The van der Waals surface area contributed by atoms with Gasteiger partial charge in [0, 0.05) is 32.7 Å². The molecule has 1 fully saturated rings. The molecule has 2 rings (SSSR count). The number of nitrogens with one attached hydrogen (secondary N) is 1. The Balaban J connectivity index is 2.12. The number of nitrogens with zero attached hydrogens (tertiary/aromatic N) is 1. The van der Waals surface area contributed by atoms with Gasteiger partial charge in [0.2, 0.25) is 0 Å². The van der Waals surface area contributed by atoms with Crippen LogP contribution < -0.4 is 10.1 Å². The number of hydrogen-bond donors (Lipinski definition) is 1. The zero-order valence-corrected chi connectivity index (χ0v) is 11.0. The predicted octanol–water partition coefficient (Wildman–Crippen LogP) is 1.72. The van der Waals surface area contributed by atoms with Gasteiger partial charge in [0.05, 0.1) is 7.11 Å². The maximum Gasteiger partial charge on any atom is 0.122 e. The number of methoxy groups -OCH3 is 1. The molecule has 1 heterocycles. The van der Waals surface area contributed by atoms with Crippen LogP contribution >= 0.6 is 0 Å². The first-order chi connectivity index (χ1) is 8.20.